The number of phenols is 1. The van der Waals surface area contributed by atoms with Crippen LogP contribution in [-0.4, -0.2) is 59.8 Å². The minimum atomic E-state index is -0.622. The van der Waals surface area contributed by atoms with Gasteiger partial charge in [0.15, 0.2) is 12.2 Å². The Hall–Kier alpha value is -2.94. The van der Waals surface area contributed by atoms with Gasteiger partial charge in [0.05, 0.1) is 30.4 Å². The number of aliphatic hydroxyl groups excluding tert-OH is 1. The highest BCUT2D eigenvalue weighted by Gasteiger charge is 2.51. The van der Waals surface area contributed by atoms with Gasteiger partial charge in [-0.1, -0.05) is 38.3 Å². The smallest absolute Gasteiger partial charge is 0.338 e. The molecule has 0 aromatic heterocycles. The summed E-state index contributed by atoms with van der Waals surface area (Å²) < 4.78 is 22.6. The molecule has 2 aromatic rings. The van der Waals surface area contributed by atoms with E-state index in [1.165, 1.54) is 24.3 Å². The van der Waals surface area contributed by atoms with Crippen LogP contribution in [0.2, 0.25) is 0 Å². The van der Waals surface area contributed by atoms with E-state index in [0.29, 0.717) is 17.5 Å². The number of carbonyl (C=O) groups is 2. The van der Waals surface area contributed by atoms with Crippen molar-refractivity contribution < 1.29 is 38.7 Å². The largest absolute Gasteiger partial charge is 0.508 e. The van der Waals surface area contributed by atoms with Gasteiger partial charge in [0, 0.05) is 0 Å². The summed E-state index contributed by atoms with van der Waals surface area (Å²) in [5.74, 6) is -0.993. The van der Waals surface area contributed by atoms with E-state index in [1.807, 2.05) is 0 Å². The normalized spacial score (nSPS) is 24.4. The van der Waals surface area contributed by atoms with Gasteiger partial charge in [0.1, 0.15) is 18.0 Å². The van der Waals surface area contributed by atoms with E-state index >= 15 is 0 Å². The summed E-state index contributed by atoms with van der Waals surface area (Å²) in [6.07, 6.45) is 0.973. The van der Waals surface area contributed by atoms with Gasteiger partial charge in [-0.3, -0.25) is 0 Å². The zero-order chi connectivity index (χ0) is 24.1. The molecule has 2 aliphatic heterocycles. The molecule has 5 atom stereocenters. The summed E-state index contributed by atoms with van der Waals surface area (Å²) in [5.41, 5.74) is 1.46. The highest BCUT2D eigenvalue weighted by atomic mass is 16.7. The Kier molecular flexibility index (Phi) is 7.82. The molecule has 0 radical (unpaired) electrons. The molecule has 0 spiro atoms. The van der Waals surface area contributed by atoms with Crippen molar-refractivity contribution in [3.05, 3.63) is 65.2 Å². The topological polar surface area (TPSA) is 112 Å². The molecule has 8 nitrogen and oxygen atoms in total. The van der Waals surface area contributed by atoms with Gasteiger partial charge in [-0.15, -0.1) is 0 Å². The molecule has 2 aliphatic rings. The summed E-state index contributed by atoms with van der Waals surface area (Å²) in [5, 5.41) is 19.6. The molecule has 182 valence electrons. The van der Waals surface area contributed by atoms with E-state index in [0.717, 1.165) is 24.8 Å². The number of hydrogen-bond donors (Lipinski definition) is 2. The predicted molar refractivity (Wildman–Crippen MR) is 122 cm³/mol. The number of phenolic OH excluding ortho intramolecular Hbond substituents is 1. The molecule has 1 unspecified atom stereocenters. The number of aliphatic hydroxyl groups is 1. The van der Waals surface area contributed by atoms with Gasteiger partial charge in [0.2, 0.25) is 0 Å². The third kappa shape index (κ3) is 5.58. The van der Waals surface area contributed by atoms with Crippen LogP contribution in [0.1, 0.15) is 65.0 Å². The number of hydrogen-bond acceptors (Lipinski definition) is 8. The number of carbonyl (C=O) groups excluding carboxylic acids is 2. The molecule has 4 rings (SSSR count). The first-order valence-electron chi connectivity index (χ1n) is 11.7. The number of aromatic hydroxyl groups is 1. The van der Waals surface area contributed by atoms with Crippen molar-refractivity contribution in [1.29, 1.82) is 0 Å². The van der Waals surface area contributed by atoms with Crippen molar-refractivity contribution in [2.75, 3.05) is 13.2 Å². The Balaban J connectivity index is 1.29. The molecule has 2 aromatic carbocycles. The second-order valence-corrected chi connectivity index (χ2v) is 8.66. The average molecular weight is 471 g/mol. The Bertz CT molecular complexity index is 971. The Morgan fingerprint density at radius 3 is 1.88 bits per heavy atom. The van der Waals surface area contributed by atoms with Crippen molar-refractivity contribution in [3.8, 4) is 5.75 Å². The Morgan fingerprint density at radius 2 is 1.38 bits per heavy atom. The molecule has 0 aliphatic carbocycles. The minimum Gasteiger partial charge on any atom is -0.508 e. The van der Waals surface area contributed by atoms with Crippen LogP contribution in [0.5, 0.6) is 5.75 Å². The first-order valence-corrected chi connectivity index (χ1v) is 11.7. The van der Waals surface area contributed by atoms with E-state index in [9.17, 15) is 19.8 Å². The summed E-state index contributed by atoms with van der Waals surface area (Å²) >= 11 is 0. The summed E-state index contributed by atoms with van der Waals surface area (Å²) in [7, 11) is 0. The fraction of sp³-hybridized carbons (Fsp3) is 0.462. The molecule has 0 amide bonds. The Labute approximate surface area is 198 Å². The van der Waals surface area contributed by atoms with Crippen LogP contribution in [0.15, 0.2) is 48.5 Å². The van der Waals surface area contributed by atoms with Crippen molar-refractivity contribution in [1.82, 2.24) is 0 Å². The third-order valence-electron chi connectivity index (χ3n) is 6.19. The predicted octanol–water partition coefficient (Wildman–Crippen LogP) is 3.55. The highest BCUT2D eigenvalue weighted by Crippen LogP contribution is 2.31. The van der Waals surface area contributed by atoms with Gasteiger partial charge in [-0.25, -0.2) is 9.59 Å². The zero-order valence-corrected chi connectivity index (χ0v) is 19.1. The molecule has 2 heterocycles. The van der Waals surface area contributed by atoms with Gasteiger partial charge in [-0.05, 0) is 48.4 Å². The molecule has 2 fully saturated rings. The number of unbranched alkanes of at least 4 members (excludes halogenated alkanes) is 2. The lowest BCUT2D eigenvalue weighted by atomic mass is 10.0. The van der Waals surface area contributed by atoms with Crippen molar-refractivity contribution >= 4 is 11.9 Å². The van der Waals surface area contributed by atoms with Crippen LogP contribution in [0.4, 0.5) is 0 Å². The molecule has 0 bridgehead atoms. The minimum absolute atomic E-state index is 0.0578. The van der Waals surface area contributed by atoms with Gasteiger partial charge >= 0.3 is 11.9 Å². The number of rotatable bonds is 9. The van der Waals surface area contributed by atoms with Crippen LogP contribution in [-0.2, 0) is 18.9 Å². The monoisotopic (exact) mass is 470 g/mol. The molecule has 2 saturated heterocycles. The lowest BCUT2D eigenvalue weighted by Crippen LogP contribution is -2.36. The van der Waals surface area contributed by atoms with Gasteiger partial charge in [-0.2, -0.15) is 0 Å². The van der Waals surface area contributed by atoms with E-state index in [2.05, 4.69) is 6.92 Å². The van der Waals surface area contributed by atoms with Crippen LogP contribution < -0.4 is 0 Å². The van der Waals surface area contributed by atoms with E-state index in [1.54, 1.807) is 24.3 Å². The molecule has 0 saturated carbocycles. The number of ether oxygens (including phenoxy) is 4. The first kappa shape index (κ1) is 24.2. The van der Waals surface area contributed by atoms with Crippen LogP contribution in [0, 0.1) is 0 Å². The molecular formula is C26H30O8. The zero-order valence-electron chi connectivity index (χ0n) is 19.1. The lowest BCUT2D eigenvalue weighted by molar-refractivity contribution is -0.0287. The first-order chi connectivity index (χ1) is 16.5. The second kappa shape index (κ2) is 11.0. The molecule has 2 N–H and O–H groups in total. The van der Waals surface area contributed by atoms with E-state index in [-0.39, 0.29) is 19.0 Å². The molecule has 34 heavy (non-hydrogen) atoms. The Morgan fingerprint density at radius 1 is 0.882 bits per heavy atom. The quantitative estimate of drug-likeness (QED) is 0.423. The molecule has 8 heteroatoms. The summed E-state index contributed by atoms with van der Waals surface area (Å²) in [6.45, 7) is 2.39. The average Bonchev–Trinajstić information content (AvgIpc) is 3.43. The maximum atomic E-state index is 12.7. The van der Waals surface area contributed by atoms with Gasteiger partial charge < -0.3 is 29.2 Å². The van der Waals surface area contributed by atoms with Crippen molar-refractivity contribution in [3.63, 3.8) is 0 Å². The second-order valence-electron chi connectivity index (χ2n) is 8.66. The van der Waals surface area contributed by atoms with E-state index in [4.69, 9.17) is 18.9 Å². The SMILES string of the molecule is CCCCCC(O)c1ccc(C(=O)O[C@@H]2CO[C@H]3[C@@H]2OC[C@H]3OC(=O)c2ccc(O)cc2)cc1. The van der Waals surface area contributed by atoms with Crippen molar-refractivity contribution in [2.45, 2.75) is 63.1 Å². The van der Waals surface area contributed by atoms with Crippen LogP contribution >= 0.6 is 0 Å². The third-order valence-corrected chi connectivity index (χ3v) is 6.19. The number of fused-ring (bicyclic) bond motifs is 1. The summed E-state index contributed by atoms with van der Waals surface area (Å²) in [4.78, 5) is 25.0. The van der Waals surface area contributed by atoms with Crippen LogP contribution in [0.25, 0.3) is 0 Å². The maximum absolute atomic E-state index is 12.7. The fourth-order valence-electron chi connectivity index (χ4n) is 4.24. The van der Waals surface area contributed by atoms with Gasteiger partial charge in [0.25, 0.3) is 0 Å². The van der Waals surface area contributed by atoms with E-state index < -0.39 is 42.5 Å². The number of esters is 2. The highest BCUT2D eigenvalue weighted by molar-refractivity contribution is 5.90. The van der Waals surface area contributed by atoms with Crippen LogP contribution in [0.3, 0.4) is 0 Å². The summed E-state index contributed by atoms with van der Waals surface area (Å²) in [6, 6.07) is 12.5. The van der Waals surface area contributed by atoms with Crippen molar-refractivity contribution in [2.24, 2.45) is 0 Å². The fourth-order valence-corrected chi connectivity index (χ4v) is 4.24. The molecular weight excluding hydrogens is 440 g/mol. The standard InChI is InChI=1S/C26H30O8/c1-2-3-4-5-20(28)16-6-8-17(9-7-16)25(29)33-21-14-31-24-22(15-32-23(21)24)34-26(30)18-10-12-19(27)13-11-18/h6-13,20-24,27-28H,2-5,14-15H2,1H3/t20?,21-,22-,23-,24-/m1/s1. The maximum Gasteiger partial charge on any atom is 0.338 e. The number of benzene rings is 2. The lowest BCUT2D eigenvalue weighted by Gasteiger charge is -2.17.